The zero-order valence-corrected chi connectivity index (χ0v) is 17.1. The van der Waals surface area contributed by atoms with Gasteiger partial charge in [0.25, 0.3) is 0 Å². The van der Waals surface area contributed by atoms with Crippen molar-refractivity contribution in [2.75, 3.05) is 54.4 Å². The van der Waals surface area contributed by atoms with Crippen LogP contribution in [0.4, 0.5) is 30.9 Å². The van der Waals surface area contributed by atoms with Gasteiger partial charge < -0.3 is 24.8 Å². The van der Waals surface area contributed by atoms with Crippen LogP contribution in [0.25, 0.3) is 0 Å². The Morgan fingerprint density at radius 1 is 1.13 bits per heavy atom. The van der Waals surface area contributed by atoms with E-state index in [-0.39, 0.29) is 11.8 Å². The molecule has 0 radical (unpaired) electrons. The highest BCUT2D eigenvalue weighted by Gasteiger charge is 2.22. The first-order valence-corrected chi connectivity index (χ1v) is 9.94. The number of nitrogens with zero attached hydrogens (tertiary/aromatic N) is 5. The van der Waals surface area contributed by atoms with Crippen LogP contribution in [0.1, 0.15) is 13.8 Å². The molecule has 1 aliphatic heterocycles. The van der Waals surface area contributed by atoms with E-state index in [0.29, 0.717) is 31.9 Å². The van der Waals surface area contributed by atoms with Crippen LogP contribution in [0, 0.1) is 0 Å². The number of carbonyl (C=O) groups excluding carboxylic acids is 1. The number of halogens is 2. The number of ether oxygens (including phenoxy) is 1. The number of alkyl halides is 2. The Bertz CT molecular complexity index is 824. The van der Waals surface area contributed by atoms with Crippen molar-refractivity contribution in [3.05, 3.63) is 36.4 Å². The number of piperazine rings is 1. The number of rotatable bonds is 7. The number of nitrogens with one attached hydrogen (secondary N) is 1. The van der Waals surface area contributed by atoms with E-state index in [1.807, 2.05) is 12.1 Å². The van der Waals surface area contributed by atoms with E-state index in [0.717, 1.165) is 24.7 Å². The standard InChI is InChI=1S/C20H26F2N6O2/c1-3-26(4-2)17-8-9-18(25-24-17)27-10-12-28(13-11-27)20(29)23-15-6-5-7-16(14-15)30-19(21)22/h5-9,14,19H,3-4,10-13H2,1-2H3,(H,23,29). The summed E-state index contributed by atoms with van der Waals surface area (Å²) in [5, 5.41) is 11.4. The van der Waals surface area contributed by atoms with Gasteiger partial charge in [0.15, 0.2) is 11.6 Å². The molecule has 10 heteroatoms. The van der Waals surface area contributed by atoms with E-state index >= 15 is 0 Å². The predicted molar refractivity (Wildman–Crippen MR) is 111 cm³/mol. The Labute approximate surface area is 174 Å². The number of hydrogen-bond donors (Lipinski definition) is 1. The molecule has 2 amide bonds. The van der Waals surface area contributed by atoms with Crippen LogP contribution in [0.5, 0.6) is 5.75 Å². The number of carbonyl (C=O) groups is 1. The van der Waals surface area contributed by atoms with Crippen LogP contribution in [0.3, 0.4) is 0 Å². The van der Waals surface area contributed by atoms with E-state index in [1.165, 1.54) is 12.1 Å². The highest BCUT2D eigenvalue weighted by Crippen LogP contribution is 2.20. The number of anilines is 3. The van der Waals surface area contributed by atoms with Crippen LogP contribution < -0.4 is 19.9 Å². The van der Waals surface area contributed by atoms with Gasteiger partial charge in [-0.2, -0.15) is 8.78 Å². The van der Waals surface area contributed by atoms with Crippen LogP contribution in [0.15, 0.2) is 36.4 Å². The van der Waals surface area contributed by atoms with Crippen LogP contribution in [-0.2, 0) is 0 Å². The molecule has 2 aromatic rings. The van der Waals surface area contributed by atoms with Gasteiger partial charge in [0.2, 0.25) is 0 Å². The summed E-state index contributed by atoms with van der Waals surface area (Å²) in [5.74, 6) is 1.63. The lowest BCUT2D eigenvalue weighted by molar-refractivity contribution is -0.0497. The minimum Gasteiger partial charge on any atom is -0.435 e. The average molecular weight is 420 g/mol. The molecule has 1 aromatic heterocycles. The summed E-state index contributed by atoms with van der Waals surface area (Å²) in [6, 6.07) is 9.58. The molecule has 1 aliphatic rings. The van der Waals surface area contributed by atoms with Crippen molar-refractivity contribution >= 4 is 23.4 Å². The summed E-state index contributed by atoms with van der Waals surface area (Å²) in [6.07, 6.45) is 0. The van der Waals surface area contributed by atoms with Crippen molar-refractivity contribution in [3.8, 4) is 5.75 Å². The van der Waals surface area contributed by atoms with Crippen LogP contribution >= 0.6 is 0 Å². The molecular formula is C20H26F2N6O2. The molecule has 2 heterocycles. The smallest absolute Gasteiger partial charge is 0.387 e. The van der Waals surface area contributed by atoms with Crippen molar-refractivity contribution in [3.63, 3.8) is 0 Å². The van der Waals surface area contributed by atoms with Gasteiger partial charge in [-0.05, 0) is 38.1 Å². The Hall–Kier alpha value is -3.17. The molecule has 162 valence electrons. The topological polar surface area (TPSA) is 73.8 Å². The first-order valence-electron chi connectivity index (χ1n) is 9.94. The van der Waals surface area contributed by atoms with Crippen molar-refractivity contribution in [1.82, 2.24) is 15.1 Å². The SMILES string of the molecule is CCN(CC)c1ccc(N2CCN(C(=O)Nc3cccc(OC(F)F)c3)CC2)nn1. The molecule has 30 heavy (non-hydrogen) atoms. The summed E-state index contributed by atoms with van der Waals surface area (Å²) in [7, 11) is 0. The molecule has 1 aromatic carbocycles. The lowest BCUT2D eigenvalue weighted by atomic mass is 10.3. The third kappa shape index (κ3) is 5.46. The summed E-state index contributed by atoms with van der Waals surface area (Å²) in [6.45, 7) is 5.26. The van der Waals surface area contributed by atoms with Crippen molar-refractivity contribution in [1.29, 1.82) is 0 Å². The molecule has 8 nitrogen and oxygen atoms in total. The molecule has 1 saturated heterocycles. The quantitative estimate of drug-likeness (QED) is 0.741. The molecule has 0 saturated carbocycles. The van der Waals surface area contributed by atoms with Gasteiger partial charge in [-0.25, -0.2) is 4.79 Å². The Morgan fingerprint density at radius 2 is 1.87 bits per heavy atom. The molecule has 0 spiro atoms. The molecule has 3 rings (SSSR count). The third-order valence-corrected chi connectivity index (χ3v) is 4.93. The molecule has 0 atom stereocenters. The van der Waals surface area contributed by atoms with Crippen LogP contribution in [0.2, 0.25) is 0 Å². The van der Waals surface area contributed by atoms with E-state index in [1.54, 1.807) is 17.0 Å². The lowest BCUT2D eigenvalue weighted by Crippen LogP contribution is -2.50. The Kier molecular flexibility index (Phi) is 7.21. The fourth-order valence-electron chi connectivity index (χ4n) is 3.29. The van der Waals surface area contributed by atoms with Gasteiger partial charge in [0.1, 0.15) is 5.75 Å². The fraction of sp³-hybridized carbons (Fsp3) is 0.450. The van der Waals surface area contributed by atoms with Gasteiger partial charge in [-0.1, -0.05) is 6.07 Å². The predicted octanol–water partition coefficient (Wildman–Crippen LogP) is 3.28. The summed E-state index contributed by atoms with van der Waals surface area (Å²) in [4.78, 5) is 18.4. The lowest BCUT2D eigenvalue weighted by Gasteiger charge is -2.35. The highest BCUT2D eigenvalue weighted by atomic mass is 19.3. The monoisotopic (exact) mass is 420 g/mol. The summed E-state index contributed by atoms with van der Waals surface area (Å²) in [5.41, 5.74) is 0.401. The normalized spacial score (nSPS) is 14.0. The number of urea groups is 1. The third-order valence-electron chi connectivity index (χ3n) is 4.93. The van der Waals surface area contributed by atoms with E-state index in [9.17, 15) is 13.6 Å². The first-order chi connectivity index (χ1) is 14.5. The fourth-order valence-corrected chi connectivity index (χ4v) is 3.29. The van der Waals surface area contributed by atoms with Gasteiger partial charge in [-0.3, -0.25) is 0 Å². The van der Waals surface area contributed by atoms with Gasteiger partial charge in [0, 0.05) is 51.0 Å². The number of aromatic nitrogens is 2. The summed E-state index contributed by atoms with van der Waals surface area (Å²) >= 11 is 0. The molecule has 0 aliphatic carbocycles. The van der Waals surface area contributed by atoms with E-state index < -0.39 is 6.61 Å². The van der Waals surface area contributed by atoms with Crippen molar-refractivity contribution < 1.29 is 18.3 Å². The van der Waals surface area contributed by atoms with Gasteiger partial charge >= 0.3 is 12.6 Å². The highest BCUT2D eigenvalue weighted by molar-refractivity contribution is 5.89. The first kappa shape index (κ1) is 21.5. The average Bonchev–Trinajstić information content (AvgIpc) is 2.75. The van der Waals surface area contributed by atoms with Gasteiger partial charge in [-0.15, -0.1) is 10.2 Å². The Morgan fingerprint density at radius 3 is 2.47 bits per heavy atom. The second kappa shape index (κ2) is 10.0. The molecule has 1 N–H and O–H groups in total. The van der Waals surface area contributed by atoms with Crippen LogP contribution in [-0.4, -0.2) is 67.0 Å². The zero-order valence-electron chi connectivity index (χ0n) is 17.1. The molecule has 1 fully saturated rings. The maximum absolute atomic E-state index is 12.5. The Balaban J connectivity index is 1.53. The number of benzene rings is 1. The van der Waals surface area contributed by atoms with Crippen molar-refractivity contribution in [2.45, 2.75) is 20.5 Å². The van der Waals surface area contributed by atoms with E-state index in [4.69, 9.17) is 0 Å². The summed E-state index contributed by atoms with van der Waals surface area (Å²) < 4.78 is 29.1. The minimum absolute atomic E-state index is 0.000600. The van der Waals surface area contributed by atoms with Gasteiger partial charge in [0.05, 0.1) is 0 Å². The minimum atomic E-state index is -2.91. The maximum Gasteiger partial charge on any atom is 0.387 e. The molecule has 0 unspecified atom stereocenters. The molecular weight excluding hydrogens is 394 g/mol. The second-order valence-corrected chi connectivity index (χ2v) is 6.73. The molecule has 0 bridgehead atoms. The second-order valence-electron chi connectivity index (χ2n) is 6.73. The number of amides is 2. The van der Waals surface area contributed by atoms with E-state index in [2.05, 4.69) is 43.9 Å². The van der Waals surface area contributed by atoms with Crippen molar-refractivity contribution in [2.24, 2.45) is 0 Å². The largest absolute Gasteiger partial charge is 0.435 e. The zero-order chi connectivity index (χ0) is 21.5. The maximum atomic E-state index is 12.5. The number of hydrogen-bond acceptors (Lipinski definition) is 6.